The molecule has 2 aliphatic heterocycles. The molecule has 0 spiro atoms. The fraction of sp³-hybridized carbons (Fsp3) is 0.455. The monoisotopic (exact) mass is 401 g/mol. The second kappa shape index (κ2) is 6.78. The Bertz CT molecular complexity index is 1030. The summed E-state index contributed by atoms with van der Waals surface area (Å²) in [7, 11) is -3.54. The Kier molecular flexibility index (Phi) is 4.67. The Morgan fingerprint density at radius 2 is 1.50 bits per heavy atom. The predicted octanol–water partition coefficient (Wildman–Crippen LogP) is 4.14. The van der Waals surface area contributed by atoms with Crippen molar-refractivity contribution < 1.29 is 17.9 Å². The Morgan fingerprint density at radius 3 is 2.18 bits per heavy atom. The highest BCUT2D eigenvalue weighted by atomic mass is 32.2. The molecular weight excluding hydrogens is 374 g/mol. The van der Waals surface area contributed by atoms with Gasteiger partial charge in [0.1, 0.15) is 0 Å². The minimum atomic E-state index is -3.54. The molecular formula is C22H27NO4S. The van der Waals surface area contributed by atoms with Gasteiger partial charge in [0.05, 0.1) is 4.90 Å². The SMILES string of the molecule is Cc1c(C)c(C)c(S(=O)(=O)N2CCC(c3ccc4c(c3)OCO4)C2)c(C)c1C. The van der Waals surface area contributed by atoms with E-state index in [1.54, 1.807) is 4.31 Å². The molecule has 0 amide bonds. The van der Waals surface area contributed by atoms with Crippen LogP contribution in [0.15, 0.2) is 23.1 Å². The first-order valence-electron chi connectivity index (χ1n) is 9.68. The smallest absolute Gasteiger partial charge is 0.243 e. The quantitative estimate of drug-likeness (QED) is 0.776. The predicted molar refractivity (Wildman–Crippen MR) is 109 cm³/mol. The molecule has 150 valence electrons. The first kappa shape index (κ1) is 19.3. The summed E-state index contributed by atoms with van der Waals surface area (Å²) in [5.74, 6) is 1.66. The van der Waals surface area contributed by atoms with E-state index >= 15 is 0 Å². The van der Waals surface area contributed by atoms with Gasteiger partial charge < -0.3 is 9.47 Å². The van der Waals surface area contributed by atoms with Crippen LogP contribution in [0.1, 0.15) is 45.7 Å². The maximum Gasteiger partial charge on any atom is 0.243 e. The zero-order chi connectivity index (χ0) is 20.2. The number of hydrogen-bond donors (Lipinski definition) is 0. The Hall–Kier alpha value is -2.05. The maximum atomic E-state index is 13.5. The molecule has 5 nitrogen and oxygen atoms in total. The van der Waals surface area contributed by atoms with Crippen molar-refractivity contribution in [2.24, 2.45) is 0 Å². The highest BCUT2D eigenvalue weighted by molar-refractivity contribution is 7.89. The third-order valence-electron chi connectivity index (χ3n) is 6.55. The van der Waals surface area contributed by atoms with Gasteiger partial charge in [0, 0.05) is 13.1 Å². The van der Waals surface area contributed by atoms with Gasteiger partial charge in [0.25, 0.3) is 0 Å². The van der Waals surface area contributed by atoms with Crippen LogP contribution in [0, 0.1) is 34.6 Å². The van der Waals surface area contributed by atoms with Crippen LogP contribution in [0.4, 0.5) is 0 Å². The lowest BCUT2D eigenvalue weighted by Crippen LogP contribution is -2.30. The average Bonchev–Trinajstić information content (AvgIpc) is 3.33. The zero-order valence-corrected chi connectivity index (χ0v) is 17.9. The molecule has 0 bridgehead atoms. The summed E-state index contributed by atoms with van der Waals surface area (Å²) in [5.41, 5.74) is 6.14. The number of fused-ring (bicyclic) bond motifs is 1. The summed E-state index contributed by atoms with van der Waals surface area (Å²) in [6.45, 7) is 11.2. The summed E-state index contributed by atoms with van der Waals surface area (Å²) in [6.07, 6.45) is 0.806. The molecule has 0 radical (unpaired) electrons. The van der Waals surface area contributed by atoms with Crippen molar-refractivity contribution in [1.82, 2.24) is 4.31 Å². The fourth-order valence-electron chi connectivity index (χ4n) is 4.37. The third kappa shape index (κ3) is 2.90. The minimum absolute atomic E-state index is 0.164. The molecule has 0 N–H and O–H groups in total. The van der Waals surface area contributed by atoms with Crippen molar-refractivity contribution in [3.05, 3.63) is 51.6 Å². The van der Waals surface area contributed by atoms with Gasteiger partial charge >= 0.3 is 0 Å². The van der Waals surface area contributed by atoms with Crippen LogP contribution in [0.25, 0.3) is 0 Å². The van der Waals surface area contributed by atoms with Crippen LogP contribution < -0.4 is 9.47 Å². The van der Waals surface area contributed by atoms with Gasteiger partial charge in [-0.15, -0.1) is 0 Å². The first-order chi connectivity index (χ1) is 13.2. The maximum absolute atomic E-state index is 13.5. The summed E-state index contributed by atoms with van der Waals surface area (Å²) >= 11 is 0. The molecule has 6 heteroatoms. The second-order valence-corrected chi connectivity index (χ2v) is 9.79. The standard InChI is InChI=1S/C22H27NO4S/c1-13-14(2)16(4)22(17(5)15(13)3)28(24,25)23-9-8-19(11-23)18-6-7-20-21(10-18)27-12-26-20/h6-7,10,19H,8-9,11-12H2,1-5H3. The van der Waals surface area contributed by atoms with Crippen molar-refractivity contribution >= 4 is 10.0 Å². The van der Waals surface area contributed by atoms with E-state index in [0.717, 1.165) is 45.7 Å². The van der Waals surface area contributed by atoms with Crippen molar-refractivity contribution in [3.63, 3.8) is 0 Å². The van der Waals surface area contributed by atoms with E-state index in [2.05, 4.69) is 6.92 Å². The average molecular weight is 402 g/mol. The molecule has 2 aliphatic rings. The number of benzene rings is 2. The van der Waals surface area contributed by atoms with Crippen molar-refractivity contribution in [3.8, 4) is 11.5 Å². The van der Waals surface area contributed by atoms with Crippen LogP contribution in [0.5, 0.6) is 11.5 Å². The number of nitrogens with zero attached hydrogens (tertiary/aromatic N) is 1. The van der Waals surface area contributed by atoms with E-state index in [1.807, 2.05) is 45.9 Å². The summed E-state index contributed by atoms with van der Waals surface area (Å²) in [5, 5.41) is 0. The van der Waals surface area contributed by atoms with Gasteiger partial charge in [-0.05, 0) is 92.5 Å². The molecule has 1 unspecified atom stereocenters. The van der Waals surface area contributed by atoms with Gasteiger partial charge in [0.15, 0.2) is 11.5 Å². The second-order valence-electron chi connectivity index (χ2n) is 7.92. The van der Waals surface area contributed by atoms with E-state index in [9.17, 15) is 8.42 Å². The van der Waals surface area contributed by atoms with Crippen LogP contribution in [0.2, 0.25) is 0 Å². The first-order valence-corrected chi connectivity index (χ1v) is 11.1. The molecule has 2 aromatic carbocycles. The summed E-state index contributed by atoms with van der Waals surface area (Å²) in [4.78, 5) is 0.486. The molecule has 1 saturated heterocycles. The molecule has 0 aromatic heterocycles. The molecule has 2 aromatic rings. The van der Waals surface area contributed by atoms with E-state index in [4.69, 9.17) is 9.47 Å². The van der Waals surface area contributed by atoms with Gasteiger partial charge in [-0.2, -0.15) is 4.31 Å². The highest BCUT2D eigenvalue weighted by Crippen LogP contribution is 2.39. The lowest BCUT2D eigenvalue weighted by atomic mass is 9.95. The van der Waals surface area contributed by atoms with E-state index < -0.39 is 10.0 Å². The summed E-state index contributed by atoms with van der Waals surface area (Å²) < 4.78 is 39.6. The number of rotatable bonds is 3. The molecule has 0 aliphatic carbocycles. The molecule has 0 saturated carbocycles. The van der Waals surface area contributed by atoms with Gasteiger partial charge in [0.2, 0.25) is 16.8 Å². The Labute approximate surface area is 167 Å². The molecule has 2 heterocycles. The van der Waals surface area contributed by atoms with Crippen molar-refractivity contribution in [1.29, 1.82) is 0 Å². The number of sulfonamides is 1. The van der Waals surface area contributed by atoms with E-state index in [-0.39, 0.29) is 12.7 Å². The number of hydrogen-bond acceptors (Lipinski definition) is 4. The lowest BCUT2D eigenvalue weighted by Gasteiger charge is -2.23. The van der Waals surface area contributed by atoms with Crippen LogP contribution >= 0.6 is 0 Å². The third-order valence-corrected chi connectivity index (χ3v) is 8.69. The normalized spacial score (nSPS) is 19.4. The molecule has 4 rings (SSSR count). The molecule has 1 atom stereocenters. The van der Waals surface area contributed by atoms with E-state index in [0.29, 0.717) is 18.0 Å². The Morgan fingerprint density at radius 1 is 0.893 bits per heavy atom. The minimum Gasteiger partial charge on any atom is -0.454 e. The lowest BCUT2D eigenvalue weighted by molar-refractivity contribution is 0.174. The van der Waals surface area contributed by atoms with Crippen LogP contribution in [-0.2, 0) is 10.0 Å². The highest BCUT2D eigenvalue weighted by Gasteiger charge is 2.36. The Balaban J connectivity index is 1.66. The van der Waals surface area contributed by atoms with Gasteiger partial charge in [-0.25, -0.2) is 8.42 Å². The van der Waals surface area contributed by atoms with Crippen LogP contribution in [-0.4, -0.2) is 32.6 Å². The van der Waals surface area contributed by atoms with Gasteiger partial charge in [-0.3, -0.25) is 0 Å². The zero-order valence-electron chi connectivity index (χ0n) is 17.1. The van der Waals surface area contributed by atoms with Gasteiger partial charge in [-0.1, -0.05) is 6.07 Å². The van der Waals surface area contributed by atoms with Crippen molar-refractivity contribution in [2.45, 2.75) is 51.9 Å². The topological polar surface area (TPSA) is 55.8 Å². The fourth-order valence-corrected chi connectivity index (χ4v) is 6.43. The molecule has 1 fully saturated rings. The largest absolute Gasteiger partial charge is 0.454 e. The molecule has 28 heavy (non-hydrogen) atoms. The summed E-state index contributed by atoms with van der Waals surface area (Å²) in [6, 6.07) is 5.92. The number of ether oxygens (including phenoxy) is 2. The van der Waals surface area contributed by atoms with Crippen molar-refractivity contribution in [2.75, 3.05) is 19.9 Å². The van der Waals surface area contributed by atoms with E-state index in [1.165, 1.54) is 5.56 Å². The van der Waals surface area contributed by atoms with Crippen LogP contribution in [0.3, 0.4) is 0 Å².